The Morgan fingerprint density at radius 2 is 2.16 bits per heavy atom. The van der Waals surface area contributed by atoms with Crippen LogP contribution in [0, 0.1) is 24.1 Å². The van der Waals surface area contributed by atoms with Crippen molar-refractivity contribution >= 4 is 11.6 Å². The molecule has 0 radical (unpaired) electrons. The number of rotatable bonds is 2. The molecule has 1 aromatic carbocycles. The number of carbonyl (C=O) groups is 1. The molecule has 1 saturated heterocycles. The Balaban J connectivity index is 1.99. The molecule has 0 bridgehead atoms. The summed E-state index contributed by atoms with van der Waals surface area (Å²) < 4.78 is 15.8. The molecule has 0 unspecified atom stereocenters. The van der Waals surface area contributed by atoms with Crippen molar-refractivity contribution in [2.75, 3.05) is 13.1 Å². The maximum atomic E-state index is 14.2. The van der Waals surface area contributed by atoms with Crippen LogP contribution in [0.4, 0.5) is 4.39 Å². The number of likely N-dealkylation sites (tertiary alicyclic amines) is 1. The summed E-state index contributed by atoms with van der Waals surface area (Å²) in [6.07, 6.45) is 2.56. The summed E-state index contributed by atoms with van der Waals surface area (Å²) in [6.45, 7) is 3.16. The predicted molar refractivity (Wildman–Crippen MR) is 88.4 cm³/mol. The highest BCUT2D eigenvalue weighted by molar-refractivity contribution is 6.00. The van der Waals surface area contributed by atoms with Gasteiger partial charge in [-0.05, 0) is 43.2 Å². The van der Waals surface area contributed by atoms with Gasteiger partial charge in [0.15, 0.2) is 11.3 Å². The van der Waals surface area contributed by atoms with Crippen LogP contribution in [0.3, 0.4) is 0 Å². The van der Waals surface area contributed by atoms with Crippen LogP contribution in [0.2, 0.25) is 0 Å². The van der Waals surface area contributed by atoms with E-state index in [1.165, 1.54) is 12.1 Å². The van der Waals surface area contributed by atoms with Gasteiger partial charge in [-0.2, -0.15) is 10.4 Å². The SMILES string of the molecule is Cc1cc(C#N)c(F)cc1-c1c(C(=O)N2CCC2)nc2cccnn12. The van der Waals surface area contributed by atoms with Crippen LogP contribution >= 0.6 is 0 Å². The average molecular weight is 335 g/mol. The van der Waals surface area contributed by atoms with Gasteiger partial charge in [-0.25, -0.2) is 13.9 Å². The number of amides is 1. The molecule has 1 aliphatic rings. The second-order valence-corrected chi connectivity index (χ2v) is 6.01. The third-order valence-corrected chi connectivity index (χ3v) is 4.43. The Labute approximate surface area is 143 Å². The first-order chi connectivity index (χ1) is 12.1. The van der Waals surface area contributed by atoms with Crippen molar-refractivity contribution < 1.29 is 9.18 Å². The van der Waals surface area contributed by atoms with Gasteiger partial charge in [-0.15, -0.1) is 0 Å². The quantitative estimate of drug-likeness (QED) is 0.721. The highest BCUT2D eigenvalue weighted by atomic mass is 19.1. The number of nitrogens with zero attached hydrogens (tertiary/aromatic N) is 5. The molecule has 4 rings (SSSR count). The summed E-state index contributed by atoms with van der Waals surface area (Å²) in [5.74, 6) is -0.813. The molecule has 0 N–H and O–H groups in total. The molecule has 3 heterocycles. The number of halogens is 1. The van der Waals surface area contributed by atoms with E-state index in [4.69, 9.17) is 5.26 Å². The van der Waals surface area contributed by atoms with Crippen LogP contribution in [0.5, 0.6) is 0 Å². The maximum Gasteiger partial charge on any atom is 0.274 e. The normalized spacial score (nSPS) is 13.6. The van der Waals surface area contributed by atoms with E-state index in [0.29, 0.717) is 35.6 Å². The first-order valence-electron chi connectivity index (χ1n) is 7.94. The third-order valence-electron chi connectivity index (χ3n) is 4.43. The van der Waals surface area contributed by atoms with Gasteiger partial charge in [-0.1, -0.05) is 0 Å². The Morgan fingerprint density at radius 1 is 1.36 bits per heavy atom. The highest BCUT2D eigenvalue weighted by Gasteiger charge is 2.29. The van der Waals surface area contributed by atoms with Crippen LogP contribution in [0.1, 0.15) is 28.0 Å². The lowest BCUT2D eigenvalue weighted by molar-refractivity contribution is 0.0647. The van der Waals surface area contributed by atoms with Gasteiger partial charge in [0.05, 0.1) is 5.56 Å². The molecule has 1 aliphatic heterocycles. The molecule has 2 aromatic heterocycles. The number of carbonyl (C=O) groups excluding carboxylic acids is 1. The van der Waals surface area contributed by atoms with E-state index < -0.39 is 5.82 Å². The summed E-state index contributed by atoms with van der Waals surface area (Å²) in [5, 5.41) is 13.3. The highest BCUT2D eigenvalue weighted by Crippen LogP contribution is 2.31. The van der Waals surface area contributed by atoms with Crippen molar-refractivity contribution in [1.29, 1.82) is 5.26 Å². The first-order valence-corrected chi connectivity index (χ1v) is 7.94. The van der Waals surface area contributed by atoms with Crippen molar-refractivity contribution in [3.8, 4) is 17.3 Å². The zero-order chi connectivity index (χ0) is 17.6. The summed E-state index contributed by atoms with van der Waals surface area (Å²) in [5.41, 5.74) is 2.39. The van der Waals surface area contributed by atoms with E-state index in [2.05, 4.69) is 10.1 Å². The second kappa shape index (κ2) is 5.67. The van der Waals surface area contributed by atoms with Crippen molar-refractivity contribution in [2.24, 2.45) is 0 Å². The topological polar surface area (TPSA) is 74.3 Å². The molecule has 0 aliphatic carbocycles. The molecule has 6 nitrogen and oxygen atoms in total. The number of hydrogen-bond donors (Lipinski definition) is 0. The standard InChI is InChI=1S/C18H14FN5O/c1-11-8-12(10-20)14(19)9-13(11)17-16(18(25)23-6-3-7-23)22-15-4-2-5-21-24(15)17/h2,4-5,8-9H,3,6-7H2,1H3. The monoisotopic (exact) mass is 335 g/mol. The Morgan fingerprint density at radius 3 is 2.84 bits per heavy atom. The van der Waals surface area contributed by atoms with Crippen LogP contribution in [-0.4, -0.2) is 38.5 Å². The summed E-state index contributed by atoms with van der Waals surface area (Å²) in [6, 6.07) is 8.07. The van der Waals surface area contributed by atoms with Crippen molar-refractivity contribution in [3.05, 3.63) is 53.1 Å². The Bertz CT molecular complexity index is 1050. The number of aromatic nitrogens is 3. The number of imidazole rings is 1. The van der Waals surface area contributed by atoms with Crippen LogP contribution in [0.15, 0.2) is 30.5 Å². The van der Waals surface area contributed by atoms with Crippen LogP contribution in [0.25, 0.3) is 16.9 Å². The summed E-state index contributed by atoms with van der Waals surface area (Å²) in [4.78, 5) is 18.9. The van der Waals surface area contributed by atoms with Crippen molar-refractivity contribution in [3.63, 3.8) is 0 Å². The van der Waals surface area contributed by atoms with E-state index >= 15 is 0 Å². The molecule has 0 spiro atoms. The molecular formula is C18H14FN5O. The largest absolute Gasteiger partial charge is 0.337 e. The van der Waals surface area contributed by atoms with Gasteiger partial charge in [-0.3, -0.25) is 4.79 Å². The predicted octanol–water partition coefficient (Wildman–Crippen LogP) is 2.56. The minimum atomic E-state index is -0.628. The molecule has 124 valence electrons. The average Bonchev–Trinajstić information content (AvgIpc) is 2.94. The lowest BCUT2D eigenvalue weighted by Gasteiger charge is -2.30. The number of nitriles is 1. The van der Waals surface area contributed by atoms with Crippen LogP contribution < -0.4 is 0 Å². The van der Waals surface area contributed by atoms with E-state index in [1.807, 2.05) is 6.07 Å². The molecular weight excluding hydrogens is 321 g/mol. The van der Waals surface area contributed by atoms with Gasteiger partial charge in [0, 0.05) is 24.8 Å². The smallest absolute Gasteiger partial charge is 0.274 e. The Kier molecular flexibility index (Phi) is 3.46. The lowest BCUT2D eigenvalue weighted by Crippen LogP contribution is -2.42. The fourth-order valence-electron chi connectivity index (χ4n) is 2.97. The molecule has 0 saturated carbocycles. The molecule has 0 atom stereocenters. The molecule has 25 heavy (non-hydrogen) atoms. The molecule has 1 amide bonds. The zero-order valence-corrected chi connectivity index (χ0v) is 13.5. The maximum absolute atomic E-state index is 14.2. The van der Waals surface area contributed by atoms with Crippen LogP contribution in [-0.2, 0) is 0 Å². The van der Waals surface area contributed by atoms with E-state index in [9.17, 15) is 9.18 Å². The number of aryl methyl sites for hydroxylation is 1. The van der Waals surface area contributed by atoms with E-state index in [1.54, 1.807) is 34.7 Å². The molecule has 1 fully saturated rings. The van der Waals surface area contributed by atoms with Crippen molar-refractivity contribution in [1.82, 2.24) is 19.5 Å². The fraction of sp³-hybridized carbons (Fsp3) is 0.222. The minimum Gasteiger partial charge on any atom is -0.337 e. The second-order valence-electron chi connectivity index (χ2n) is 6.01. The van der Waals surface area contributed by atoms with E-state index in [-0.39, 0.29) is 17.2 Å². The third kappa shape index (κ3) is 2.34. The van der Waals surface area contributed by atoms with E-state index in [0.717, 1.165) is 6.42 Å². The number of hydrogen-bond acceptors (Lipinski definition) is 4. The zero-order valence-electron chi connectivity index (χ0n) is 13.5. The molecule has 7 heteroatoms. The van der Waals surface area contributed by atoms with Gasteiger partial charge in [0.25, 0.3) is 5.91 Å². The van der Waals surface area contributed by atoms with Gasteiger partial charge in [0.2, 0.25) is 0 Å². The van der Waals surface area contributed by atoms with Gasteiger partial charge in [0.1, 0.15) is 17.6 Å². The number of benzene rings is 1. The Hall–Kier alpha value is -3.27. The lowest BCUT2D eigenvalue weighted by atomic mass is 10.0. The summed E-state index contributed by atoms with van der Waals surface area (Å²) in [7, 11) is 0. The minimum absolute atomic E-state index is 0.0290. The first kappa shape index (κ1) is 15.3. The fourth-order valence-corrected chi connectivity index (χ4v) is 2.97. The molecule has 3 aromatic rings. The van der Waals surface area contributed by atoms with Gasteiger partial charge < -0.3 is 4.90 Å². The van der Waals surface area contributed by atoms with Crippen molar-refractivity contribution in [2.45, 2.75) is 13.3 Å². The number of fused-ring (bicyclic) bond motifs is 1. The summed E-state index contributed by atoms with van der Waals surface area (Å²) >= 11 is 0. The van der Waals surface area contributed by atoms with Gasteiger partial charge >= 0.3 is 0 Å².